The Morgan fingerprint density at radius 1 is 1.32 bits per heavy atom. The molecule has 0 unspecified atom stereocenters. The Balaban J connectivity index is 1.64. The van der Waals surface area contributed by atoms with Gasteiger partial charge in [-0.2, -0.15) is 5.10 Å². The zero-order valence-corrected chi connectivity index (χ0v) is 11.7. The summed E-state index contributed by atoms with van der Waals surface area (Å²) in [5.74, 6) is 0. The van der Waals surface area contributed by atoms with Gasteiger partial charge < -0.3 is 14.0 Å². The quantitative estimate of drug-likeness (QED) is 0.756. The first-order valence-corrected chi connectivity index (χ1v) is 7.03. The van der Waals surface area contributed by atoms with Crippen molar-refractivity contribution in [3.05, 3.63) is 12.4 Å². The molecule has 1 aromatic heterocycles. The minimum absolute atomic E-state index is 0.0718. The van der Waals surface area contributed by atoms with Gasteiger partial charge in [0.1, 0.15) is 6.23 Å². The molecular formula is C13H21BN2O3. The van der Waals surface area contributed by atoms with Crippen LogP contribution in [0.2, 0.25) is 0 Å². The molecule has 5 nitrogen and oxygen atoms in total. The lowest BCUT2D eigenvalue weighted by molar-refractivity contribution is -0.0394. The average Bonchev–Trinajstić information content (AvgIpc) is 2.89. The summed E-state index contributed by atoms with van der Waals surface area (Å²) in [6.45, 7) is 6.53. The van der Waals surface area contributed by atoms with E-state index < -0.39 is 0 Å². The van der Waals surface area contributed by atoms with Gasteiger partial charge in [0.2, 0.25) is 0 Å². The molecule has 2 aliphatic rings. The maximum Gasteiger partial charge on any atom is 0.497 e. The van der Waals surface area contributed by atoms with Crippen molar-refractivity contribution in [3.8, 4) is 0 Å². The first-order chi connectivity index (χ1) is 9.14. The van der Waals surface area contributed by atoms with E-state index in [1.807, 2.05) is 17.1 Å². The van der Waals surface area contributed by atoms with Gasteiger partial charge in [0.05, 0.1) is 0 Å². The molecule has 3 heterocycles. The van der Waals surface area contributed by atoms with Crippen LogP contribution in [0.25, 0.3) is 0 Å². The second-order valence-electron chi connectivity index (χ2n) is 6.19. The number of rotatable bonds is 2. The van der Waals surface area contributed by atoms with Gasteiger partial charge in [-0.25, -0.2) is 4.68 Å². The van der Waals surface area contributed by atoms with Crippen LogP contribution in [-0.2, 0) is 14.0 Å². The van der Waals surface area contributed by atoms with Crippen LogP contribution in [0.3, 0.4) is 0 Å². The summed E-state index contributed by atoms with van der Waals surface area (Å²) in [4.78, 5) is 0. The van der Waals surface area contributed by atoms with Crippen molar-refractivity contribution in [3.63, 3.8) is 0 Å². The fraction of sp³-hybridized carbons (Fsp3) is 0.769. The molecule has 0 saturated carbocycles. The Bertz CT molecular complexity index is 419. The first-order valence-electron chi connectivity index (χ1n) is 7.03. The second-order valence-corrected chi connectivity index (χ2v) is 6.19. The molecule has 0 N–H and O–H groups in total. The highest BCUT2D eigenvalue weighted by molar-refractivity contribution is 6.61. The van der Waals surface area contributed by atoms with Gasteiger partial charge in [-0.1, -0.05) is 13.8 Å². The van der Waals surface area contributed by atoms with E-state index in [2.05, 4.69) is 18.9 Å². The summed E-state index contributed by atoms with van der Waals surface area (Å²) in [6.07, 6.45) is 7.25. The number of ether oxygens (including phenoxy) is 1. The molecule has 1 aromatic rings. The molecule has 0 spiro atoms. The lowest BCUT2D eigenvalue weighted by Crippen LogP contribution is -2.47. The van der Waals surface area contributed by atoms with E-state index in [-0.39, 0.29) is 18.8 Å². The van der Waals surface area contributed by atoms with Gasteiger partial charge in [0, 0.05) is 43.1 Å². The molecule has 3 rings (SSSR count). The lowest BCUT2D eigenvalue weighted by Gasteiger charge is -2.32. The molecule has 0 aromatic carbocycles. The Morgan fingerprint density at radius 3 is 2.79 bits per heavy atom. The van der Waals surface area contributed by atoms with E-state index in [1.54, 1.807) is 0 Å². The standard InChI is InChI=1S/C13H21BN2O3/c1-13(2)9-18-14(19-10-13)11-7-15-16(8-11)12-5-3-4-6-17-12/h7-8,12H,3-6,9-10H2,1-2H3/t12-/m0/s1. The van der Waals surface area contributed by atoms with Crippen molar-refractivity contribution < 1.29 is 14.0 Å². The molecule has 0 bridgehead atoms. The van der Waals surface area contributed by atoms with E-state index in [9.17, 15) is 0 Å². The lowest BCUT2D eigenvalue weighted by atomic mass is 9.78. The smallest absolute Gasteiger partial charge is 0.407 e. The number of hydrogen-bond donors (Lipinski definition) is 0. The van der Waals surface area contributed by atoms with Crippen LogP contribution < -0.4 is 5.46 Å². The van der Waals surface area contributed by atoms with Crippen LogP contribution in [0.1, 0.15) is 39.3 Å². The van der Waals surface area contributed by atoms with Crippen LogP contribution in [0.5, 0.6) is 0 Å². The Morgan fingerprint density at radius 2 is 2.11 bits per heavy atom. The largest absolute Gasteiger partial charge is 0.497 e. The molecule has 104 valence electrons. The average molecular weight is 264 g/mol. The minimum atomic E-state index is -0.287. The van der Waals surface area contributed by atoms with Crippen molar-refractivity contribution in [2.24, 2.45) is 5.41 Å². The molecule has 2 fully saturated rings. The fourth-order valence-electron chi connectivity index (χ4n) is 2.45. The van der Waals surface area contributed by atoms with Gasteiger partial charge in [-0.3, -0.25) is 0 Å². The highest BCUT2D eigenvalue weighted by Crippen LogP contribution is 2.23. The van der Waals surface area contributed by atoms with Crippen molar-refractivity contribution >= 4 is 12.6 Å². The van der Waals surface area contributed by atoms with Crippen molar-refractivity contribution in [1.82, 2.24) is 9.78 Å². The molecule has 19 heavy (non-hydrogen) atoms. The van der Waals surface area contributed by atoms with E-state index in [0.717, 1.165) is 24.9 Å². The van der Waals surface area contributed by atoms with Crippen LogP contribution in [0.15, 0.2) is 12.4 Å². The molecular weight excluding hydrogens is 243 g/mol. The highest BCUT2D eigenvalue weighted by Gasteiger charge is 2.34. The predicted octanol–water partition coefficient (Wildman–Crippen LogP) is 1.35. The predicted molar refractivity (Wildman–Crippen MR) is 72.1 cm³/mol. The van der Waals surface area contributed by atoms with Gasteiger partial charge in [0.25, 0.3) is 0 Å². The maximum atomic E-state index is 5.76. The third kappa shape index (κ3) is 3.01. The summed E-state index contributed by atoms with van der Waals surface area (Å²) in [5.41, 5.74) is 1.07. The molecule has 6 heteroatoms. The normalized spacial score (nSPS) is 27.5. The third-order valence-corrected chi connectivity index (χ3v) is 3.60. The number of hydrogen-bond acceptors (Lipinski definition) is 4. The number of nitrogens with zero attached hydrogens (tertiary/aromatic N) is 2. The zero-order valence-electron chi connectivity index (χ0n) is 11.7. The Hall–Kier alpha value is -0.845. The SMILES string of the molecule is CC1(C)COB(c2cnn([C@@H]3CCCCO3)c2)OC1. The van der Waals surface area contributed by atoms with Crippen LogP contribution in [0, 0.1) is 5.41 Å². The van der Waals surface area contributed by atoms with Gasteiger partial charge in [0.15, 0.2) is 0 Å². The van der Waals surface area contributed by atoms with Crippen molar-refractivity contribution in [2.45, 2.75) is 39.3 Å². The summed E-state index contributed by atoms with van der Waals surface area (Å²) < 4.78 is 19.1. The maximum absolute atomic E-state index is 5.76. The van der Waals surface area contributed by atoms with E-state index in [0.29, 0.717) is 13.2 Å². The topological polar surface area (TPSA) is 45.5 Å². The van der Waals surface area contributed by atoms with Crippen LogP contribution in [0.4, 0.5) is 0 Å². The van der Waals surface area contributed by atoms with Gasteiger partial charge >= 0.3 is 7.12 Å². The summed E-state index contributed by atoms with van der Waals surface area (Å²) in [7, 11) is -0.287. The van der Waals surface area contributed by atoms with E-state index >= 15 is 0 Å². The molecule has 2 aliphatic heterocycles. The van der Waals surface area contributed by atoms with Crippen LogP contribution >= 0.6 is 0 Å². The Kier molecular flexibility index (Phi) is 3.65. The van der Waals surface area contributed by atoms with Crippen molar-refractivity contribution in [1.29, 1.82) is 0 Å². The summed E-state index contributed by atoms with van der Waals surface area (Å²) in [6, 6.07) is 0. The molecule has 0 aliphatic carbocycles. The van der Waals surface area contributed by atoms with Crippen LogP contribution in [-0.4, -0.2) is 36.7 Å². The fourth-order valence-corrected chi connectivity index (χ4v) is 2.45. The molecule has 1 atom stereocenters. The van der Waals surface area contributed by atoms with Gasteiger partial charge in [-0.15, -0.1) is 0 Å². The number of aromatic nitrogens is 2. The first kappa shape index (κ1) is 13.2. The van der Waals surface area contributed by atoms with E-state index in [4.69, 9.17) is 14.0 Å². The summed E-state index contributed by atoms with van der Waals surface area (Å²) in [5, 5.41) is 4.38. The van der Waals surface area contributed by atoms with Gasteiger partial charge in [-0.05, 0) is 19.3 Å². The highest BCUT2D eigenvalue weighted by atomic mass is 16.6. The monoisotopic (exact) mass is 264 g/mol. The van der Waals surface area contributed by atoms with E-state index in [1.165, 1.54) is 6.42 Å². The summed E-state index contributed by atoms with van der Waals surface area (Å²) >= 11 is 0. The minimum Gasteiger partial charge on any atom is -0.407 e. The van der Waals surface area contributed by atoms with Crippen molar-refractivity contribution in [2.75, 3.05) is 19.8 Å². The third-order valence-electron chi connectivity index (χ3n) is 3.60. The molecule has 2 saturated heterocycles. The second kappa shape index (κ2) is 5.27. The zero-order chi connectivity index (χ0) is 13.3. The molecule has 0 amide bonds. The Labute approximate surface area is 114 Å². The molecule has 0 radical (unpaired) electrons.